The summed E-state index contributed by atoms with van der Waals surface area (Å²) in [7, 11) is 1.00. The van der Waals surface area contributed by atoms with Crippen molar-refractivity contribution in [2.45, 2.75) is 6.18 Å². The van der Waals surface area contributed by atoms with Crippen LogP contribution in [0.15, 0.2) is 36.4 Å². The van der Waals surface area contributed by atoms with Gasteiger partial charge in [-0.05, 0) is 24.3 Å². The quantitative estimate of drug-likeness (QED) is 0.237. The smallest absolute Gasteiger partial charge is 0.422 e. The number of hydrogen-bond donors (Lipinski definition) is 3. The summed E-state index contributed by atoms with van der Waals surface area (Å²) >= 11 is 3.57. The van der Waals surface area contributed by atoms with Crippen LogP contribution in [0.3, 0.4) is 0 Å². The number of ether oxygens (including phenoxy) is 1. The number of carbonyl (C=O) groups excluding carboxylic acids is 1. The molecular weight excluding hydrogens is 383 g/mol. The third kappa shape index (κ3) is 3.89. The minimum absolute atomic E-state index is 0.529. The van der Waals surface area contributed by atoms with Gasteiger partial charge in [-0.25, -0.2) is 13.6 Å². The number of halogens is 5. The molecule has 1 unspecified atom stereocenters. The van der Waals surface area contributed by atoms with E-state index >= 15 is 0 Å². The van der Waals surface area contributed by atoms with Gasteiger partial charge in [0.05, 0.1) is 12.7 Å². The van der Waals surface area contributed by atoms with E-state index in [1.807, 2.05) is 5.43 Å². The number of nitrogens with zero attached hydrogens (tertiary/aromatic N) is 1. The Kier molecular flexibility index (Phi) is 5.44. The second-order valence-electron chi connectivity index (χ2n) is 5.01. The molecule has 5 nitrogen and oxygen atoms in total. The fraction of sp³-hybridized carbons (Fsp3) is 0.133. The van der Waals surface area contributed by atoms with E-state index in [9.17, 15) is 32.0 Å². The van der Waals surface area contributed by atoms with Crippen LogP contribution < -0.4 is 9.59 Å². The van der Waals surface area contributed by atoms with Crippen molar-refractivity contribution in [3.05, 3.63) is 59.2 Å². The van der Waals surface area contributed by atoms with Crippen LogP contribution in [-0.2, 0) is 10.9 Å². The molecule has 0 spiro atoms. The third-order valence-corrected chi connectivity index (χ3v) is 3.58. The zero-order valence-corrected chi connectivity index (χ0v) is 13.9. The number of hydrogen-bond acceptors (Lipinski definition) is 5. The van der Waals surface area contributed by atoms with Crippen LogP contribution in [0.25, 0.3) is 0 Å². The largest absolute Gasteiger partial charge is 0.465 e. The number of para-hydroxylation sites is 1. The van der Waals surface area contributed by atoms with Crippen LogP contribution in [0.5, 0.6) is 0 Å². The minimum Gasteiger partial charge on any atom is -0.465 e. The Labute approximate surface area is 149 Å². The average Bonchev–Trinajstić information content (AvgIpc) is 2.54. The van der Waals surface area contributed by atoms with Gasteiger partial charge >= 0.3 is 12.1 Å². The van der Waals surface area contributed by atoms with E-state index in [0.29, 0.717) is 12.1 Å². The lowest BCUT2D eigenvalue weighted by molar-refractivity contribution is -0.139. The fourth-order valence-corrected chi connectivity index (χ4v) is 2.48. The van der Waals surface area contributed by atoms with Crippen LogP contribution in [0.4, 0.5) is 33.3 Å². The van der Waals surface area contributed by atoms with Gasteiger partial charge in [-0.3, -0.25) is 0 Å². The molecule has 26 heavy (non-hydrogen) atoms. The lowest BCUT2D eigenvalue weighted by atomic mass is 10.1. The summed E-state index contributed by atoms with van der Waals surface area (Å²) in [6, 6.07) is 5.25. The first-order valence-corrected chi connectivity index (χ1v) is 7.25. The third-order valence-electron chi connectivity index (χ3n) is 3.28. The van der Waals surface area contributed by atoms with Crippen molar-refractivity contribution in [2.24, 2.45) is 0 Å². The van der Waals surface area contributed by atoms with Gasteiger partial charge < -0.3 is 4.74 Å². The lowest BCUT2D eigenvalue weighted by Gasteiger charge is -2.26. The minimum atomic E-state index is -5.01. The topological polar surface area (TPSA) is 58.6 Å². The molecule has 0 bridgehead atoms. The van der Waals surface area contributed by atoms with Crippen LogP contribution in [0, 0.1) is 11.6 Å². The monoisotopic (exact) mass is 395 g/mol. The zero-order chi connectivity index (χ0) is 19.7. The Bertz CT molecular complexity index is 843. The standard InChI is InChI=1S/C15H12F5N2O3S/c1-25-14(23)8-4-2-7-11(12(8)17)21-22(24,26)13-9(15(18,19)20)5-3-6-10(13)16/h2-7,21,24,26H,1H3/q+1. The van der Waals surface area contributed by atoms with E-state index in [4.69, 9.17) is 0 Å². The average molecular weight is 395 g/mol. The molecule has 0 aliphatic rings. The summed E-state index contributed by atoms with van der Waals surface area (Å²) in [5.41, 5.74) is -2.07. The van der Waals surface area contributed by atoms with Crippen molar-refractivity contribution in [2.75, 3.05) is 12.5 Å². The van der Waals surface area contributed by atoms with Gasteiger partial charge in [0.1, 0.15) is 24.1 Å². The maximum atomic E-state index is 14.4. The van der Waals surface area contributed by atoms with Gasteiger partial charge in [0, 0.05) is 4.16 Å². The normalized spacial score (nSPS) is 13.8. The maximum Gasteiger partial charge on any atom is 0.422 e. The second-order valence-corrected chi connectivity index (χ2v) is 5.58. The Morgan fingerprint density at radius 2 is 1.81 bits per heavy atom. The van der Waals surface area contributed by atoms with E-state index in [-0.39, 0.29) is 0 Å². The van der Waals surface area contributed by atoms with Crippen LogP contribution in [0.1, 0.15) is 15.9 Å². The van der Waals surface area contributed by atoms with Crippen LogP contribution >= 0.6 is 12.8 Å². The van der Waals surface area contributed by atoms with E-state index in [1.165, 1.54) is 6.07 Å². The molecule has 0 fully saturated rings. The number of anilines is 1. The Morgan fingerprint density at radius 1 is 1.19 bits per heavy atom. The molecule has 0 aromatic heterocycles. The molecule has 0 heterocycles. The summed E-state index contributed by atoms with van der Waals surface area (Å²) < 4.78 is 69.9. The van der Waals surface area contributed by atoms with Gasteiger partial charge in [0.15, 0.2) is 11.6 Å². The van der Waals surface area contributed by atoms with Crippen molar-refractivity contribution in [1.82, 2.24) is 4.16 Å². The number of esters is 1. The van der Waals surface area contributed by atoms with Crippen molar-refractivity contribution in [1.29, 1.82) is 0 Å². The van der Waals surface area contributed by atoms with Crippen molar-refractivity contribution < 1.29 is 36.7 Å². The first-order chi connectivity index (χ1) is 12.0. The molecule has 0 radical (unpaired) electrons. The number of quaternary nitrogens is 1. The molecule has 0 aliphatic heterocycles. The van der Waals surface area contributed by atoms with Gasteiger partial charge in [0.2, 0.25) is 0 Å². The molecule has 2 rings (SSSR count). The molecule has 0 amide bonds. The highest BCUT2D eigenvalue weighted by Crippen LogP contribution is 2.41. The van der Waals surface area contributed by atoms with E-state index < -0.39 is 50.4 Å². The number of rotatable bonds is 4. The molecule has 0 saturated heterocycles. The summed E-state index contributed by atoms with van der Waals surface area (Å²) in [5, 5.41) is 10.2. The first-order valence-electron chi connectivity index (χ1n) is 6.85. The highest BCUT2D eigenvalue weighted by Gasteiger charge is 2.44. The zero-order valence-electron chi connectivity index (χ0n) is 13.0. The van der Waals surface area contributed by atoms with Crippen molar-refractivity contribution >= 4 is 30.2 Å². The summed E-state index contributed by atoms with van der Waals surface area (Å²) in [5.74, 6) is -3.72. The molecule has 1 atom stereocenters. The molecule has 0 aliphatic carbocycles. The van der Waals surface area contributed by atoms with Crippen LogP contribution in [0.2, 0.25) is 0 Å². The number of thiol groups is 1. The molecule has 0 saturated carbocycles. The Morgan fingerprint density at radius 3 is 2.38 bits per heavy atom. The number of methoxy groups -OCH3 is 1. The highest BCUT2D eigenvalue weighted by molar-refractivity contribution is 7.79. The molecule has 2 aromatic carbocycles. The van der Waals surface area contributed by atoms with E-state index in [1.54, 1.807) is 0 Å². The Balaban J connectivity index is 2.53. The van der Waals surface area contributed by atoms with E-state index in [0.717, 1.165) is 25.3 Å². The second kappa shape index (κ2) is 7.09. The van der Waals surface area contributed by atoms with Gasteiger partial charge in [0.25, 0.3) is 5.69 Å². The summed E-state index contributed by atoms with van der Waals surface area (Å²) in [4.78, 5) is 11.5. The predicted molar refractivity (Wildman–Crippen MR) is 85.3 cm³/mol. The molecule has 2 N–H and O–H groups in total. The summed E-state index contributed by atoms with van der Waals surface area (Å²) in [6.07, 6.45) is -5.01. The van der Waals surface area contributed by atoms with Crippen molar-refractivity contribution in [3.63, 3.8) is 0 Å². The number of benzene rings is 2. The SMILES string of the molecule is COC(=O)c1cccc(N[N+](O)(S)c2c(F)cccc2C(F)(F)F)c1F. The molecule has 140 valence electrons. The predicted octanol–water partition coefficient (Wildman–Crippen LogP) is 4.34. The van der Waals surface area contributed by atoms with Crippen molar-refractivity contribution in [3.8, 4) is 0 Å². The maximum absolute atomic E-state index is 14.4. The van der Waals surface area contributed by atoms with Gasteiger partial charge in [-0.2, -0.15) is 23.8 Å². The number of nitrogens with one attached hydrogen (secondary N) is 1. The Hall–Kier alpha value is -2.37. The van der Waals surface area contributed by atoms with E-state index in [2.05, 4.69) is 17.6 Å². The van der Waals surface area contributed by atoms with Gasteiger partial charge in [-0.1, -0.05) is 12.1 Å². The van der Waals surface area contributed by atoms with Crippen LogP contribution in [-0.4, -0.2) is 18.3 Å². The molecule has 11 heteroatoms. The molecular formula is C15H12F5N2O3S+. The number of carbonyl (C=O) groups is 1. The number of alkyl halides is 3. The van der Waals surface area contributed by atoms with Gasteiger partial charge in [-0.15, -0.1) is 0 Å². The summed E-state index contributed by atoms with van der Waals surface area (Å²) in [6.45, 7) is 0. The lowest BCUT2D eigenvalue weighted by Crippen LogP contribution is -2.44. The first kappa shape index (κ1) is 19.9. The highest BCUT2D eigenvalue weighted by atomic mass is 32.1. The fourth-order valence-electron chi connectivity index (χ4n) is 2.17. The molecule has 2 aromatic rings.